The minimum atomic E-state index is -4.69. The van der Waals surface area contributed by atoms with Crippen LogP contribution in [0.4, 0.5) is 3.89 Å². The summed E-state index contributed by atoms with van der Waals surface area (Å²) in [5, 5.41) is 3.57. The predicted octanol–water partition coefficient (Wildman–Crippen LogP) is 0.817. The lowest BCUT2D eigenvalue weighted by Crippen LogP contribution is -2.00. The van der Waals surface area contributed by atoms with Gasteiger partial charge < -0.3 is 0 Å². The van der Waals surface area contributed by atoms with E-state index in [0.717, 1.165) is 6.20 Å². The van der Waals surface area contributed by atoms with Crippen LogP contribution in [0, 0.1) is 0 Å². The molecular formula is C5H6ClFN2O2S. The number of alkyl halides is 1. The molecule has 1 heterocycles. The van der Waals surface area contributed by atoms with E-state index >= 15 is 0 Å². The van der Waals surface area contributed by atoms with Crippen LogP contribution in [-0.2, 0) is 23.2 Å². The molecule has 0 saturated heterocycles. The Morgan fingerprint density at radius 1 is 1.75 bits per heavy atom. The van der Waals surface area contributed by atoms with Crippen LogP contribution in [-0.4, -0.2) is 18.2 Å². The largest absolute Gasteiger partial charge is 0.335 e. The molecular weight excluding hydrogens is 207 g/mol. The second-order valence-corrected chi connectivity index (χ2v) is 3.73. The Kier molecular flexibility index (Phi) is 2.39. The fraction of sp³-hybridized carbons (Fsp3) is 0.400. The van der Waals surface area contributed by atoms with Crippen molar-refractivity contribution in [1.29, 1.82) is 0 Å². The second-order valence-electron chi connectivity index (χ2n) is 2.15. The fourth-order valence-electron chi connectivity index (χ4n) is 0.799. The molecule has 0 bridgehead atoms. The highest BCUT2D eigenvalue weighted by Crippen LogP contribution is 2.18. The van der Waals surface area contributed by atoms with Crippen molar-refractivity contribution in [3.05, 3.63) is 11.9 Å². The molecule has 0 radical (unpaired) electrons. The van der Waals surface area contributed by atoms with Gasteiger partial charge in [-0.1, -0.05) is 0 Å². The normalized spacial score (nSPS) is 11.9. The van der Waals surface area contributed by atoms with Gasteiger partial charge >= 0.3 is 10.2 Å². The smallest absolute Gasteiger partial charge is 0.270 e. The lowest BCUT2D eigenvalue weighted by atomic mass is 10.5. The van der Waals surface area contributed by atoms with Crippen LogP contribution in [0.1, 0.15) is 5.69 Å². The van der Waals surface area contributed by atoms with Crippen molar-refractivity contribution >= 4 is 21.8 Å². The van der Waals surface area contributed by atoms with Gasteiger partial charge in [0.1, 0.15) is 4.90 Å². The summed E-state index contributed by atoms with van der Waals surface area (Å²) >= 11 is 5.39. The van der Waals surface area contributed by atoms with Gasteiger partial charge in [-0.05, 0) is 0 Å². The molecule has 7 heteroatoms. The van der Waals surface area contributed by atoms with Crippen molar-refractivity contribution in [3.63, 3.8) is 0 Å². The quantitative estimate of drug-likeness (QED) is 0.539. The summed E-state index contributed by atoms with van der Waals surface area (Å²) in [6.45, 7) is 0. The topological polar surface area (TPSA) is 52.0 Å². The maximum absolute atomic E-state index is 12.4. The number of hydrogen-bond donors (Lipinski definition) is 0. The number of rotatable bonds is 2. The van der Waals surface area contributed by atoms with E-state index in [4.69, 9.17) is 11.6 Å². The van der Waals surface area contributed by atoms with E-state index in [0.29, 0.717) is 0 Å². The van der Waals surface area contributed by atoms with E-state index in [1.54, 1.807) is 0 Å². The molecule has 0 atom stereocenters. The van der Waals surface area contributed by atoms with Crippen LogP contribution in [0.15, 0.2) is 11.1 Å². The number of hydrogen-bond acceptors (Lipinski definition) is 3. The Bertz CT molecular complexity index is 386. The lowest BCUT2D eigenvalue weighted by Gasteiger charge is -1.96. The number of nitrogens with zero attached hydrogens (tertiary/aromatic N) is 2. The molecule has 0 aliphatic heterocycles. The average Bonchev–Trinajstić information content (AvgIpc) is 2.29. The number of halogens is 2. The van der Waals surface area contributed by atoms with E-state index in [-0.39, 0.29) is 11.6 Å². The molecule has 12 heavy (non-hydrogen) atoms. The molecule has 0 aliphatic rings. The van der Waals surface area contributed by atoms with Crippen molar-refractivity contribution < 1.29 is 12.3 Å². The van der Waals surface area contributed by atoms with Crippen LogP contribution >= 0.6 is 11.6 Å². The molecule has 0 N–H and O–H groups in total. The van der Waals surface area contributed by atoms with E-state index in [2.05, 4.69) is 5.10 Å². The van der Waals surface area contributed by atoms with E-state index in [9.17, 15) is 12.3 Å². The van der Waals surface area contributed by atoms with E-state index in [1.807, 2.05) is 0 Å². The van der Waals surface area contributed by atoms with Gasteiger partial charge in [-0.25, -0.2) is 0 Å². The fourth-order valence-corrected chi connectivity index (χ4v) is 1.85. The number of aromatic nitrogens is 2. The van der Waals surface area contributed by atoms with Crippen molar-refractivity contribution in [2.24, 2.45) is 7.05 Å². The Labute approximate surface area is 74.2 Å². The molecule has 0 aliphatic carbocycles. The molecule has 0 spiro atoms. The first-order valence-corrected chi connectivity index (χ1v) is 4.90. The van der Waals surface area contributed by atoms with Crippen molar-refractivity contribution in [1.82, 2.24) is 9.78 Å². The zero-order valence-corrected chi connectivity index (χ0v) is 7.73. The SMILES string of the molecule is Cn1ncc(S(=O)(=O)F)c1CCl. The Balaban J connectivity index is 3.36. The molecule has 0 fully saturated rings. The monoisotopic (exact) mass is 212 g/mol. The number of aryl methyl sites for hydroxylation is 1. The highest BCUT2D eigenvalue weighted by Gasteiger charge is 2.20. The van der Waals surface area contributed by atoms with E-state index in [1.165, 1.54) is 11.7 Å². The predicted molar refractivity (Wildman–Crippen MR) is 41.1 cm³/mol. The first-order chi connectivity index (χ1) is 5.46. The second kappa shape index (κ2) is 3.02. The van der Waals surface area contributed by atoms with Gasteiger partial charge in [-0.3, -0.25) is 4.68 Å². The summed E-state index contributed by atoms with van der Waals surface area (Å²) < 4.78 is 34.6. The third-order valence-corrected chi connectivity index (χ3v) is 2.53. The lowest BCUT2D eigenvalue weighted by molar-refractivity contribution is 0.550. The van der Waals surface area contributed by atoms with Crippen LogP contribution in [0.25, 0.3) is 0 Å². The minimum Gasteiger partial charge on any atom is -0.270 e. The minimum absolute atomic E-state index is 0.0883. The highest BCUT2D eigenvalue weighted by molar-refractivity contribution is 7.86. The molecule has 68 valence electrons. The van der Waals surface area contributed by atoms with Gasteiger partial charge in [-0.2, -0.15) is 13.5 Å². The van der Waals surface area contributed by atoms with Gasteiger partial charge in [0.05, 0.1) is 17.8 Å². The molecule has 0 aromatic carbocycles. The Morgan fingerprint density at radius 3 is 2.67 bits per heavy atom. The van der Waals surface area contributed by atoms with Crippen LogP contribution in [0.2, 0.25) is 0 Å². The Hall–Kier alpha value is -0.620. The molecule has 0 saturated carbocycles. The van der Waals surface area contributed by atoms with Crippen molar-refractivity contribution in [3.8, 4) is 0 Å². The first kappa shape index (κ1) is 9.47. The Morgan fingerprint density at radius 2 is 2.33 bits per heavy atom. The highest BCUT2D eigenvalue weighted by atomic mass is 35.5. The van der Waals surface area contributed by atoms with Crippen LogP contribution < -0.4 is 0 Å². The van der Waals surface area contributed by atoms with Gasteiger partial charge in [0.2, 0.25) is 0 Å². The zero-order chi connectivity index (χ0) is 9.35. The first-order valence-electron chi connectivity index (χ1n) is 2.98. The maximum atomic E-state index is 12.4. The van der Waals surface area contributed by atoms with Gasteiger partial charge in [0.25, 0.3) is 0 Å². The molecule has 1 aromatic rings. The molecule has 0 unspecified atom stereocenters. The third-order valence-electron chi connectivity index (χ3n) is 1.41. The van der Waals surface area contributed by atoms with Crippen LogP contribution in [0.3, 0.4) is 0 Å². The summed E-state index contributed by atoms with van der Waals surface area (Å²) in [4.78, 5) is -0.458. The molecule has 1 rings (SSSR count). The molecule has 1 aromatic heterocycles. The summed E-state index contributed by atoms with van der Waals surface area (Å²) in [5.41, 5.74) is 0.152. The zero-order valence-electron chi connectivity index (χ0n) is 6.16. The third kappa shape index (κ3) is 1.59. The van der Waals surface area contributed by atoms with Crippen molar-refractivity contribution in [2.75, 3.05) is 0 Å². The van der Waals surface area contributed by atoms with Crippen LogP contribution in [0.5, 0.6) is 0 Å². The molecule has 0 amide bonds. The van der Waals surface area contributed by atoms with Gasteiger partial charge in [-0.15, -0.1) is 15.5 Å². The summed E-state index contributed by atoms with van der Waals surface area (Å²) in [7, 11) is -3.20. The van der Waals surface area contributed by atoms with Crippen molar-refractivity contribution in [2.45, 2.75) is 10.8 Å². The summed E-state index contributed by atoms with van der Waals surface area (Å²) in [6, 6.07) is 0. The summed E-state index contributed by atoms with van der Waals surface area (Å²) in [5.74, 6) is -0.0883. The molecule has 4 nitrogen and oxygen atoms in total. The van der Waals surface area contributed by atoms with Gasteiger partial charge in [0.15, 0.2) is 0 Å². The van der Waals surface area contributed by atoms with E-state index < -0.39 is 15.1 Å². The average molecular weight is 213 g/mol. The van der Waals surface area contributed by atoms with Gasteiger partial charge in [0, 0.05) is 7.05 Å². The summed E-state index contributed by atoms with van der Waals surface area (Å²) in [6.07, 6.45) is 0.938. The maximum Gasteiger partial charge on any atom is 0.335 e. The standard InChI is InChI=1S/C5H6ClFN2O2S/c1-9-4(2-6)5(3-8-9)12(7,10)11/h3H,2H2,1H3.